The van der Waals surface area contributed by atoms with Gasteiger partial charge in [0, 0.05) is 60.6 Å². The Bertz CT molecular complexity index is 1420. The number of amides is 2. The third kappa shape index (κ3) is 5.23. The van der Waals surface area contributed by atoms with Gasteiger partial charge in [0.05, 0.1) is 23.8 Å². The molecule has 0 saturated carbocycles. The molecular formula is C30H36N6O3S. The van der Waals surface area contributed by atoms with Crippen molar-refractivity contribution in [1.82, 2.24) is 25.5 Å². The summed E-state index contributed by atoms with van der Waals surface area (Å²) in [5.74, 6) is 0.576. The first-order chi connectivity index (χ1) is 19.3. The normalized spacial score (nSPS) is 19.3. The number of fused-ring (bicyclic) bond motifs is 1. The summed E-state index contributed by atoms with van der Waals surface area (Å²) >= 11 is 1.54. The van der Waals surface area contributed by atoms with Gasteiger partial charge in [-0.15, -0.1) is 11.3 Å². The maximum Gasteiger partial charge on any atom is 0.262 e. The number of aromatic nitrogens is 2. The molecule has 10 heteroatoms. The van der Waals surface area contributed by atoms with Crippen LogP contribution in [0.25, 0.3) is 22.6 Å². The number of hydrogen-bond acceptors (Lipinski definition) is 8. The van der Waals surface area contributed by atoms with Gasteiger partial charge in [0.1, 0.15) is 5.00 Å². The third-order valence-electron chi connectivity index (χ3n) is 8.03. The second kappa shape index (κ2) is 10.9. The molecule has 3 aromatic rings. The molecule has 9 nitrogen and oxygen atoms in total. The first-order valence-corrected chi connectivity index (χ1v) is 14.9. The van der Waals surface area contributed by atoms with Crippen LogP contribution in [0, 0.1) is 0 Å². The highest BCUT2D eigenvalue weighted by atomic mass is 32.1. The summed E-state index contributed by atoms with van der Waals surface area (Å²) in [6, 6.07) is 10.0. The quantitative estimate of drug-likeness (QED) is 0.492. The average Bonchev–Trinajstić information content (AvgIpc) is 3.36. The molecule has 2 saturated heterocycles. The molecule has 0 spiro atoms. The number of rotatable bonds is 5. The van der Waals surface area contributed by atoms with E-state index in [4.69, 9.17) is 9.72 Å². The fourth-order valence-electron chi connectivity index (χ4n) is 5.89. The SMILES string of the molecule is CNC1CCN(C(=O)c2cccc(-c3nccc(-c4c(N5CCOCC5)sc5c4CC(C)(C)NC5=O)n3)c2)CC1. The number of morpholine rings is 1. The smallest absolute Gasteiger partial charge is 0.262 e. The lowest BCUT2D eigenvalue weighted by molar-refractivity contribution is 0.0707. The Morgan fingerprint density at radius 2 is 1.93 bits per heavy atom. The minimum Gasteiger partial charge on any atom is -0.378 e. The number of anilines is 1. The molecule has 2 amide bonds. The Labute approximate surface area is 239 Å². The third-order valence-corrected chi connectivity index (χ3v) is 9.33. The Hall–Kier alpha value is -3.34. The summed E-state index contributed by atoms with van der Waals surface area (Å²) in [7, 11) is 1.98. The number of carbonyl (C=O) groups excluding carboxylic acids is 2. The van der Waals surface area contributed by atoms with Gasteiger partial charge in [-0.25, -0.2) is 9.97 Å². The van der Waals surface area contributed by atoms with Gasteiger partial charge in [-0.1, -0.05) is 12.1 Å². The Morgan fingerprint density at radius 3 is 2.67 bits per heavy atom. The van der Waals surface area contributed by atoms with Crippen LogP contribution in [0.4, 0.5) is 5.00 Å². The van der Waals surface area contributed by atoms with E-state index in [0.29, 0.717) is 30.6 Å². The second-order valence-electron chi connectivity index (χ2n) is 11.4. The molecule has 3 aliphatic heterocycles. The lowest BCUT2D eigenvalue weighted by atomic mass is 9.88. The van der Waals surface area contributed by atoms with Crippen LogP contribution in [0.15, 0.2) is 36.5 Å². The van der Waals surface area contributed by atoms with Gasteiger partial charge in [0.15, 0.2) is 5.82 Å². The highest BCUT2D eigenvalue weighted by molar-refractivity contribution is 7.19. The molecule has 6 rings (SSSR count). The van der Waals surface area contributed by atoms with Crippen LogP contribution in [0.5, 0.6) is 0 Å². The van der Waals surface area contributed by atoms with E-state index in [1.165, 1.54) is 0 Å². The monoisotopic (exact) mass is 560 g/mol. The number of hydrogen-bond donors (Lipinski definition) is 2. The lowest BCUT2D eigenvalue weighted by Gasteiger charge is -2.32. The van der Waals surface area contributed by atoms with Crippen molar-refractivity contribution in [2.45, 2.75) is 44.7 Å². The van der Waals surface area contributed by atoms with Gasteiger partial charge >= 0.3 is 0 Å². The fraction of sp³-hybridized carbons (Fsp3) is 0.467. The Balaban J connectivity index is 1.36. The molecule has 1 aromatic carbocycles. The minimum atomic E-state index is -0.353. The highest BCUT2D eigenvalue weighted by Crippen LogP contribution is 2.46. The molecule has 210 valence electrons. The number of nitrogens with zero attached hydrogens (tertiary/aromatic N) is 4. The van der Waals surface area contributed by atoms with E-state index in [1.807, 2.05) is 42.3 Å². The molecular weight excluding hydrogens is 524 g/mol. The number of ether oxygens (including phenoxy) is 1. The van der Waals surface area contributed by atoms with Crippen LogP contribution < -0.4 is 15.5 Å². The Kier molecular flexibility index (Phi) is 7.33. The molecule has 0 radical (unpaired) electrons. The number of thiophene rings is 1. The number of likely N-dealkylation sites (tertiary alicyclic amines) is 1. The van der Waals surface area contributed by atoms with E-state index < -0.39 is 0 Å². The first-order valence-electron chi connectivity index (χ1n) is 14.0. The van der Waals surface area contributed by atoms with Crippen LogP contribution in [-0.4, -0.2) is 84.7 Å². The number of piperidine rings is 1. The number of benzene rings is 1. The van der Waals surface area contributed by atoms with Crippen LogP contribution >= 0.6 is 11.3 Å². The zero-order valence-corrected chi connectivity index (χ0v) is 24.1. The molecule has 5 heterocycles. The molecule has 3 aliphatic rings. The molecule has 0 atom stereocenters. The highest BCUT2D eigenvalue weighted by Gasteiger charge is 2.37. The summed E-state index contributed by atoms with van der Waals surface area (Å²) in [6.07, 6.45) is 4.41. The predicted octanol–water partition coefficient (Wildman–Crippen LogP) is 3.60. The van der Waals surface area contributed by atoms with Crippen LogP contribution in [0.2, 0.25) is 0 Å². The van der Waals surface area contributed by atoms with Crippen molar-refractivity contribution in [1.29, 1.82) is 0 Å². The molecule has 0 bridgehead atoms. The largest absolute Gasteiger partial charge is 0.378 e. The summed E-state index contributed by atoms with van der Waals surface area (Å²) in [4.78, 5) is 41.1. The van der Waals surface area contributed by atoms with Crippen molar-refractivity contribution in [2.75, 3.05) is 51.3 Å². The fourth-order valence-corrected chi connectivity index (χ4v) is 7.17. The van der Waals surface area contributed by atoms with Crippen LogP contribution in [0.1, 0.15) is 52.3 Å². The number of carbonyl (C=O) groups is 2. The van der Waals surface area contributed by atoms with Gasteiger partial charge in [0.25, 0.3) is 11.8 Å². The van der Waals surface area contributed by atoms with Crippen molar-refractivity contribution in [3.63, 3.8) is 0 Å². The molecule has 40 heavy (non-hydrogen) atoms. The second-order valence-corrected chi connectivity index (χ2v) is 12.4. The van der Waals surface area contributed by atoms with Gasteiger partial charge in [0.2, 0.25) is 0 Å². The van der Waals surface area contributed by atoms with E-state index in [-0.39, 0.29) is 17.4 Å². The van der Waals surface area contributed by atoms with Crippen molar-refractivity contribution in [2.24, 2.45) is 0 Å². The van der Waals surface area contributed by atoms with Gasteiger partial charge in [-0.2, -0.15) is 0 Å². The first kappa shape index (κ1) is 26.9. The summed E-state index contributed by atoms with van der Waals surface area (Å²) in [5.41, 5.74) is 3.93. The molecule has 2 aromatic heterocycles. The zero-order chi connectivity index (χ0) is 27.9. The topological polar surface area (TPSA) is 99.7 Å². The van der Waals surface area contributed by atoms with E-state index in [2.05, 4.69) is 34.4 Å². The van der Waals surface area contributed by atoms with Crippen molar-refractivity contribution in [3.05, 3.63) is 52.5 Å². The maximum atomic E-state index is 13.3. The Morgan fingerprint density at radius 1 is 1.15 bits per heavy atom. The van der Waals surface area contributed by atoms with E-state index in [1.54, 1.807) is 17.5 Å². The summed E-state index contributed by atoms with van der Waals surface area (Å²) < 4.78 is 5.61. The molecule has 0 aliphatic carbocycles. The molecule has 0 unspecified atom stereocenters. The minimum absolute atomic E-state index is 0.0312. The molecule has 2 fully saturated rings. The zero-order valence-electron chi connectivity index (χ0n) is 23.3. The predicted molar refractivity (Wildman–Crippen MR) is 157 cm³/mol. The number of nitrogens with one attached hydrogen (secondary N) is 2. The molecule has 2 N–H and O–H groups in total. The standard InChI is InChI=1S/C30H36N6O3S/c1-30(2)18-22-24(29(36-13-15-39-16-14-36)40-25(22)27(37)34-30)23-7-10-32-26(33-23)19-5-4-6-20(17-19)28(38)35-11-8-21(31-3)9-12-35/h4-7,10,17,21,31H,8-9,11-16,18H2,1-3H3,(H,34,37). The van der Waals surface area contributed by atoms with Gasteiger partial charge in [-0.3, -0.25) is 9.59 Å². The van der Waals surface area contributed by atoms with Crippen molar-refractivity contribution in [3.8, 4) is 22.6 Å². The van der Waals surface area contributed by atoms with E-state index in [9.17, 15) is 9.59 Å². The van der Waals surface area contributed by atoms with Crippen molar-refractivity contribution >= 4 is 28.2 Å². The maximum absolute atomic E-state index is 13.3. The van der Waals surface area contributed by atoms with E-state index in [0.717, 1.165) is 77.7 Å². The average molecular weight is 561 g/mol. The lowest BCUT2D eigenvalue weighted by Crippen LogP contribution is -2.48. The summed E-state index contributed by atoms with van der Waals surface area (Å²) in [5, 5.41) is 7.52. The van der Waals surface area contributed by atoms with E-state index >= 15 is 0 Å². The van der Waals surface area contributed by atoms with Gasteiger partial charge < -0.3 is 25.2 Å². The van der Waals surface area contributed by atoms with Crippen LogP contribution in [0.3, 0.4) is 0 Å². The van der Waals surface area contributed by atoms with Crippen LogP contribution in [-0.2, 0) is 11.2 Å². The van der Waals surface area contributed by atoms with Crippen molar-refractivity contribution < 1.29 is 14.3 Å². The van der Waals surface area contributed by atoms with Gasteiger partial charge in [-0.05, 0) is 63.9 Å². The summed E-state index contributed by atoms with van der Waals surface area (Å²) in [6.45, 7) is 8.45.